The van der Waals surface area contributed by atoms with Gasteiger partial charge in [-0.2, -0.15) is 0 Å². The van der Waals surface area contributed by atoms with Crippen LogP contribution in [0.4, 0.5) is 0 Å². The van der Waals surface area contributed by atoms with Gasteiger partial charge in [0, 0.05) is 25.9 Å². The first-order chi connectivity index (χ1) is 13.8. The molecule has 0 radical (unpaired) electrons. The maximum absolute atomic E-state index is 12.6. The van der Waals surface area contributed by atoms with Gasteiger partial charge in [-0.25, -0.2) is 0 Å². The summed E-state index contributed by atoms with van der Waals surface area (Å²) in [6, 6.07) is 17.8. The van der Waals surface area contributed by atoms with Crippen LogP contribution in [0.3, 0.4) is 0 Å². The molecule has 5 nitrogen and oxygen atoms in total. The molecule has 0 fully saturated rings. The van der Waals surface area contributed by atoms with E-state index in [4.69, 9.17) is 10.5 Å². The van der Waals surface area contributed by atoms with Gasteiger partial charge in [-0.1, -0.05) is 63.2 Å². The Kier molecular flexibility index (Phi) is 8.25. The van der Waals surface area contributed by atoms with Crippen molar-refractivity contribution in [3.8, 4) is 5.75 Å². The lowest BCUT2D eigenvalue weighted by Gasteiger charge is -2.22. The minimum atomic E-state index is -0.405. The molecule has 29 heavy (non-hydrogen) atoms. The van der Waals surface area contributed by atoms with Crippen LogP contribution in [0, 0.1) is 0 Å². The molecule has 0 unspecified atom stereocenters. The zero-order chi connectivity index (χ0) is 21.3. The number of carbonyl (C=O) groups is 2. The Morgan fingerprint density at radius 3 is 2.21 bits per heavy atom. The fourth-order valence-electron chi connectivity index (χ4n) is 2.96. The van der Waals surface area contributed by atoms with E-state index in [-0.39, 0.29) is 17.7 Å². The van der Waals surface area contributed by atoms with Crippen LogP contribution in [0.15, 0.2) is 54.6 Å². The Bertz CT molecular complexity index is 780. The maximum atomic E-state index is 12.6. The highest BCUT2D eigenvalue weighted by atomic mass is 16.5. The molecule has 0 heterocycles. The summed E-state index contributed by atoms with van der Waals surface area (Å²) in [6.45, 7) is 7.80. The summed E-state index contributed by atoms with van der Waals surface area (Å²) in [5.41, 5.74) is 7.65. The SMILES string of the molecule is CC(C)(C)c1ccc(OCCCC(=O)N(CCC(N)=O)Cc2ccccc2)cc1. The molecule has 2 N–H and O–H groups in total. The molecule has 0 aliphatic heterocycles. The molecule has 5 heteroatoms. The van der Waals surface area contributed by atoms with Gasteiger partial charge in [0.2, 0.25) is 11.8 Å². The summed E-state index contributed by atoms with van der Waals surface area (Å²) in [5.74, 6) is 0.403. The van der Waals surface area contributed by atoms with Crippen molar-refractivity contribution in [3.05, 3.63) is 65.7 Å². The molecule has 2 amide bonds. The zero-order valence-corrected chi connectivity index (χ0v) is 17.7. The number of primary amides is 1. The van der Waals surface area contributed by atoms with Crippen LogP contribution in [0.2, 0.25) is 0 Å². The molecule has 156 valence electrons. The first-order valence-corrected chi connectivity index (χ1v) is 10.1. The van der Waals surface area contributed by atoms with Crippen LogP contribution >= 0.6 is 0 Å². The third-order valence-corrected chi connectivity index (χ3v) is 4.72. The van der Waals surface area contributed by atoms with E-state index in [9.17, 15) is 9.59 Å². The van der Waals surface area contributed by atoms with Crippen LogP contribution in [0.1, 0.15) is 51.2 Å². The molecule has 0 saturated heterocycles. The van der Waals surface area contributed by atoms with Crippen molar-refractivity contribution in [1.29, 1.82) is 0 Å². The second-order valence-electron chi connectivity index (χ2n) is 8.24. The van der Waals surface area contributed by atoms with Gasteiger partial charge in [-0.3, -0.25) is 9.59 Å². The van der Waals surface area contributed by atoms with E-state index in [1.54, 1.807) is 4.90 Å². The summed E-state index contributed by atoms with van der Waals surface area (Å²) in [7, 11) is 0. The summed E-state index contributed by atoms with van der Waals surface area (Å²) in [5, 5.41) is 0. The molecule has 0 bridgehead atoms. The number of benzene rings is 2. The normalized spacial score (nSPS) is 11.1. The number of amides is 2. The number of ether oxygens (including phenoxy) is 1. The second kappa shape index (κ2) is 10.6. The molecular formula is C24H32N2O3. The number of carbonyl (C=O) groups excluding carboxylic acids is 2. The highest BCUT2D eigenvalue weighted by Gasteiger charge is 2.15. The van der Waals surface area contributed by atoms with E-state index in [0.717, 1.165) is 11.3 Å². The zero-order valence-electron chi connectivity index (χ0n) is 17.7. The summed E-state index contributed by atoms with van der Waals surface area (Å²) in [6.07, 6.45) is 1.14. The monoisotopic (exact) mass is 396 g/mol. The molecule has 0 spiro atoms. The van der Waals surface area contributed by atoms with Crippen LogP contribution in [-0.4, -0.2) is 29.9 Å². The van der Waals surface area contributed by atoms with Crippen molar-refractivity contribution in [3.63, 3.8) is 0 Å². The standard InChI is InChI=1S/C24H32N2O3/c1-24(2,3)20-11-13-21(14-12-20)29-17-7-10-23(28)26(16-15-22(25)27)18-19-8-5-4-6-9-19/h4-6,8-9,11-14H,7,10,15-18H2,1-3H3,(H2,25,27). The lowest BCUT2D eigenvalue weighted by molar-refractivity contribution is -0.132. The largest absolute Gasteiger partial charge is 0.494 e. The molecule has 0 saturated carbocycles. The van der Waals surface area contributed by atoms with Crippen molar-refractivity contribution in [1.82, 2.24) is 4.90 Å². The fourth-order valence-corrected chi connectivity index (χ4v) is 2.96. The van der Waals surface area contributed by atoms with Crippen LogP contribution in [-0.2, 0) is 21.5 Å². The van der Waals surface area contributed by atoms with Crippen molar-refractivity contribution in [2.45, 2.75) is 52.0 Å². The van der Waals surface area contributed by atoms with Gasteiger partial charge in [-0.15, -0.1) is 0 Å². The Morgan fingerprint density at radius 1 is 0.966 bits per heavy atom. The second-order valence-corrected chi connectivity index (χ2v) is 8.24. The van der Waals surface area contributed by atoms with Crippen LogP contribution in [0.5, 0.6) is 5.75 Å². The van der Waals surface area contributed by atoms with Gasteiger partial charge in [0.25, 0.3) is 0 Å². The van der Waals surface area contributed by atoms with Gasteiger partial charge in [0.05, 0.1) is 6.61 Å². The number of nitrogens with two attached hydrogens (primary N) is 1. The van der Waals surface area contributed by atoms with E-state index >= 15 is 0 Å². The van der Waals surface area contributed by atoms with E-state index in [1.165, 1.54) is 5.56 Å². The molecule has 0 aliphatic rings. The predicted molar refractivity (Wildman–Crippen MR) is 116 cm³/mol. The van der Waals surface area contributed by atoms with E-state index in [1.807, 2.05) is 42.5 Å². The summed E-state index contributed by atoms with van der Waals surface area (Å²) >= 11 is 0. The molecule has 2 aromatic carbocycles. The van der Waals surface area contributed by atoms with Crippen LogP contribution in [0.25, 0.3) is 0 Å². The topological polar surface area (TPSA) is 72.6 Å². The first-order valence-electron chi connectivity index (χ1n) is 10.1. The van der Waals surface area contributed by atoms with Crippen LogP contribution < -0.4 is 10.5 Å². The van der Waals surface area contributed by atoms with Crippen molar-refractivity contribution in [2.75, 3.05) is 13.2 Å². The molecule has 0 aromatic heterocycles. The molecule has 2 rings (SSSR count). The third kappa shape index (κ3) is 7.98. The lowest BCUT2D eigenvalue weighted by Crippen LogP contribution is -2.33. The molecule has 2 aromatic rings. The van der Waals surface area contributed by atoms with Gasteiger partial charge in [-0.05, 0) is 35.1 Å². The average Bonchev–Trinajstić information content (AvgIpc) is 2.68. The molecule has 0 aliphatic carbocycles. The van der Waals surface area contributed by atoms with Gasteiger partial charge in [0.1, 0.15) is 5.75 Å². The quantitative estimate of drug-likeness (QED) is 0.616. The maximum Gasteiger partial charge on any atom is 0.223 e. The summed E-state index contributed by atoms with van der Waals surface area (Å²) in [4.78, 5) is 25.5. The Hall–Kier alpha value is -2.82. The fraction of sp³-hybridized carbons (Fsp3) is 0.417. The van der Waals surface area contributed by atoms with E-state index in [0.29, 0.717) is 32.5 Å². The number of hydrogen-bond acceptors (Lipinski definition) is 3. The number of nitrogens with zero attached hydrogens (tertiary/aromatic N) is 1. The van der Waals surface area contributed by atoms with E-state index < -0.39 is 5.91 Å². The van der Waals surface area contributed by atoms with E-state index in [2.05, 4.69) is 32.9 Å². The van der Waals surface area contributed by atoms with Crippen molar-refractivity contribution >= 4 is 11.8 Å². The Morgan fingerprint density at radius 2 is 1.62 bits per heavy atom. The highest BCUT2D eigenvalue weighted by Crippen LogP contribution is 2.24. The van der Waals surface area contributed by atoms with Crippen molar-refractivity contribution < 1.29 is 14.3 Å². The number of rotatable bonds is 10. The molecule has 0 atom stereocenters. The minimum absolute atomic E-state index is 0.00165. The van der Waals surface area contributed by atoms with Crippen molar-refractivity contribution in [2.24, 2.45) is 5.73 Å². The minimum Gasteiger partial charge on any atom is -0.494 e. The summed E-state index contributed by atoms with van der Waals surface area (Å²) < 4.78 is 5.78. The molecular weight excluding hydrogens is 364 g/mol. The van der Waals surface area contributed by atoms with Gasteiger partial charge < -0.3 is 15.4 Å². The average molecular weight is 397 g/mol. The predicted octanol–water partition coefficient (Wildman–Crippen LogP) is 4.05. The van der Waals surface area contributed by atoms with Gasteiger partial charge >= 0.3 is 0 Å². The third-order valence-electron chi connectivity index (χ3n) is 4.72. The number of hydrogen-bond donors (Lipinski definition) is 1. The highest BCUT2D eigenvalue weighted by molar-refractivity contribution is 5.78. The lowest BCUT2D eigenvalue weighted by atomic mass is 9.87. The Labute approximate surface area is 173 Å². The van der Waals surface area contributed by atoms with Gasteiger partial charge in [0.15, 0.2) is 0 Å². The first kappa shape index (κ1) is 22.5. The smallest absolute Gasteiger partial charge is 0.223 e. The Balaban J connectivity index is 1.83.